The first-order valence-electron chi connectivity index (χ1n) is 10.3. The van der Waals surface area contributed by atoms with E-state index in [-0.39, 0.29) is 17.6 Å². The Morgan fingerprint density at radius 3 is 2.55 bits per heavy atom. The number of likely N-dealkylation sites (tertiary alicyclic amines) is 1. The van der Waals surface area contributed by atoms with Crippen LogP contribution in [0.15, 0.2) is 53.8 Å². The highest BCUT2D eigenvalue weighted by atomic mass is 16.3. The number of hydrogen-bond acceptors (Lipinski definition) is 6. The number of carbonyl (C=O) groups is 2. The summed E-state index contributed by atoms with van der Waals surface area (Å²) in [6.07, 6.45) is 8.08. The summed E-state index contributed by atoms with van der Waals surface area (Å²) in [5.41, 5.74) is 3.01. The van der Waals surface area contributed by atoms with Crippen molar-refractivity contribution in [1.29, 1.82) is 0 Å². The zero-order valence-electron chi connectivity index (χ0n) is 17.7. The van der Waals surface area contributed by atoms with Crippen molar-refractivity contribution < 1.29 is 14.0 Å². The van der Waals surface area contributed by atoms with Crippen LogP contribution in [0.3, 0.4) is 0 Å². The second kappa shape index (κ2) is 8.67. The zero-order valence-corrected chi connectivity index (χ0v) is 17.7. The molecule has 0 unspecified atom stereocenters. The number of nitrogens with one attached hydrogen (secondary N) is 1. The number of oxazole rings is 1. The van der Waals surface area contributed by atoms with E-state index in [0.29, 0.717) is 38.0 Å². The van der Waals surface area contributed by atoms with Crippen LogP contribution in [0.5, 0.6) is 0 Å². The molecule has 0 atom stereocenters. The van der Waals surface area contributed by atoms with Crippen molar-refractivity contribution in [3.63, 3.8) is 0 Å². The van der Waals surface area contributed by atoms with Gasteiger partial charge in [-0.1, -0.05) is 24.3 Å². The van der Waals surface area contributed by atoms with Crippen LogP contribution in [-0.2, 0) is 11.2 Å². The van der Waals surface area contributed by atoms with E-state index >= 15 is 0 Å². The number of aromatic nitrogens is 3. The van der Waals surface area contributed by atoms with Gasteiger partial charge >= 0.3 is 0 Å². The standard InChI is InChI=1S/C23H25N5O3/c1-16-20(31-15-27-16)21(29)28-8-6-23(7-9-28,22(30)24-2)11-17-4-3-5-18(10-17)19-12-25-14-26-13-19/h3-5,10,12-15H,6-9,11H2,1-2H3,(H,24,30). The predicted molar refractivity (Wildman–Crippen MR) is 114 cm³/mol. The third-order valence-electron chi connectivity index (χ3n) is 6.02. The number of aryl methyl sites for hydroxylation is 1. The Balaban J connectivity index is 1.53. The first-order chi connectivity index (χ1) is 15.0. The van der Waals surface area contributed by atoms with E-state index in [4.69, 9.17) is 4.42 Å². The molecule has 1 fully saturated rings. The van der Waals surface area contributed by atoms with E-state index in [9.17, 15) is 9.59 Å². The SMILES string of the molecule is CNC(=O)C1(Cc2cccc(-c3cncnc3)c2)CCN(C(=O)c2ocnc2C)CC1. The van der Waals surface area contributed by atoms with Gasteiger partial charge in [-0.15, -0.1) is 0 Å². The summed E-state index contributed by atoms with van der Waals surface area (Å²) in [5, 5.41) is 2.83. The Bertz CT molecular complexity index is 1070. The van der Waals surface area contributed by atoms with Gasteiger partial charge in [-0.2, -0.15) is 0 Å². The van der Waals surface area contributed by atoms with Crippen molar-refractivity contribution in [3.8, 4) is 11.1 Å². The molecule has 0 saturated carbocycles. The third kappa shape index (κ3) is 4.19. The van der Waals surface area contributed by atoms with Gasteiger partial charge in [0.05, 0.1) is 11.1 Å². The largest absolute Gasteiger partial charge is 0.438 e. The monoisotopic (exact) mass is 419 g/mol. The Morgan fingerprint density at radius 2 is 1.90 bits per heavy atom. The molecule has 1 saturated heterocycles. The molecule has 0 bridgehead atoms. The number of benzene rings is 1. The fourth-order valence-electron chi connectivity index (χ4n) is 4.24. The lowest BCUT2D eigenvalue weighted by molar-refractivity contribution is -0.133. The molecular formula is C23H25N5O3. The maximum atomic E-state index is 12.9. The molecule has 1 aromatic carbocycles. The van der Waals surface area contributed by atoms with Crippen molar-refractivity contribution in [3.05, 3.63) is 66.4 Å². The van der Waals surface area contributed by atoms with Gasteiger partial charge in [-0.25, -0.2) is 15.0 Å². The van der Waals surface area contributed by atoms with E-state index in [1.807, 2.05) is 18.2 Å². The van der Waals surface area contributed by atoms with Crippen molar-refractivity contribution in [2.24, 2.45) is 5.41 Å². The molecule has 0 aliphatic carbocycles. The van der Waals surface area contributed by atoms with E-state index in [1.165, 1.54) is 12.7 Å². The van der Waals surface area contributed by atoms with Crippen molar-refractivity contribution in [1.82, 2.24) is 25.2 Å². The summed E-state index contributed by atoms with van der Waals surface area (Å²) < 4.78 is 5.26. The van der Waals surface area contributed by atoms with Gasteiger partial charge < -0.3 is 14.6 Å². The number of amides is 2. The molecule has 8 nitrogen and oxygen atoms in total. The molecule has 4 rings (SSSR count). The summed E-state index contributed by atoms with van der Waals surface area (Å²) in [4.78, 5) is 39.6. The summed E-state index contributed by atoms with van der Waals surface area (Å²) in [6, 6.07) is 8.11. The quantitative estimate of drug-likeness (QED) is 0.682. The molecule has 3 aromatic rings. The summed E-state index contributed by atoms with van der Waals surface area (Å²) in [5.74, 6) is 0.0979. The Morgan fingerprint density at radius 1 is 1.16 bits per heavy atom. The van der Waals surface area contributed by atoms with Crippen LogP contribution in [0.2, 0.25) is 0 Å². The molecule has 8 heteroatoms. The van der Waals surface area contributed by atoms with Crippen molar-refractivity contribution >= 4 is 11.8 Å². The molecule has 1 N–H and O–H groups in total. The van der Waals surface area contributed by atoms with E-state index in [1.54, 1.807) is 31.3 Å². The second-order valence-electron chi connectivity index (χ2n) is 7.92. The first kappa shape index (κ1) is 20.7. The topological polar surface area (TPSA) is 101 Å². The predicted octanol–water partition coefficient (Wildman–Crippen LogP) is 2.65. The molecule has 2 aromatic heterocycles. The van der Waals surface area contributed by atoms with Crippen LogP contribution in [0.1, 0.15) is 34.7 Å². The average Bonchev–Trinajstić information content (AvgIpc) is 3.25. The highest BCUT2D eigenvalue weighted by molar-refractivity contribution is 5.92. The van der Waals surface area contributed by atoms with Gasteiger partial charge in [0.15, 0.2) is 6.39 Å². The first-order valence-corrected chi connectivity index (χ1v) is 10.3. The van der Waals surface area contributed by atoms with Crippen LogP contribution in [0.4, 0.5) is 0 Å². The number of nitrogens with zero attached hydrogens (tertiary/aromatic N) is 4. The Hall–Kier alpha value is -3.55. The van der Waals surface area contributed by atoms with Crippen LogP contribution < -0.4 is 5.32 Å². The van der Waals surface area contributed by atoms with Crippen LogP contribution in [-0.4, -0.2) is 51.8 Å². The van der Waals surface area contributed by atoms with Gasteiger partial charge in [0.2, 0.25) is 11.7 Å². The second-order valence-corrected chi connectivity index (χ2v) is 7.92. The lowest BCUT2D eigenvalue weighted by Gasteiger charge is -2.40. The minimum Gasteiger partial charge on any atom is -0.438 e. The zero-order chi connectivity index (χ0) is 21.8. The molecule has 3 heterocycles. The van der Waals surface area contributed by atoms with E-state index in [2.05, 4.69) is 26.3 Å². The van der Waals surface area contributed by atoms with Gasteiger partial charge in [0.1, 0.15) is 6.33 Å². The molecule has 1 aliphatic heterocycles. The smallest absolute Gasteiger partial charge is 0.291 e. The van der Waals surface area contributed by atoms with Crippen molar-refractivity contribution in [2.75, 3.05) is 20.1 Å². The fourth-order valence-corrected chi connectivity index (χ4v) is 4.24. The maximum absolute atomic E-state index is 12.9. The van der Waals surface area contributed by atoms with E-state index in [0.717, 1.165) is 16.7 Å². The molecular weight excluding hydrogens is 394 g/mol. The molecule has 1 aliphatic rings. The highest BCUT2D eigenvalue weighted by Gasteiger charge is 2.42. The Labute approximate surface area is 180 Å². The summed E-state index contributed by atoms with van der Waals surface area (Å²) in [7, 11) is 1.66. The average molecular weight is 419 g/mol. The Kier molecular flexibility index (Phi) is 5.79. The molecule has 160 valence electrons. The minimum atomic E-state index is -0.576. The molecule has 0 spiro atoms. The molecule has 31 heavy (non-hydrogen) atoms. The third-order valence-corrected chi connectivity index (χ3v) is 6.02. The number of hydrogen-bond donors (Lipinski definition) is 1. The lowest BCUT2D eigenvalue weighted by atomic mass is 9.72. The summed E-state index contributed by atoms with van der Waals surface area (Å²) in [6.45, 7) is 2.72. The van der Waals surface area contributed by atoms with Crippen LogP contribution >= 0.6 is 0 Å². The van der Waals surface area contributed by atoms with E-state index < -0.39 is 5.41 Å². The minimum absolute atomic E-state index is 0.00360. The molecule has 0 radical (unpaired) electrons. The van der Waals surface area contributed by atoms with Gasteiger partial charge in [-0.3, -0.25) is 9.59 Å². The maximum Gasteiger partial charge on any atom is 0.291 e. The number of piperidine rings is 1. The van der Waals surface area contributed by atoms with Crippen LogP contribution in [0, 0.1) is 12.3 Å². The van der Waals surface area contributed by atoms with Crippen molar-refractivity contribution in [2.45, 2.75) is 26.2 Å². The van der Waals surface area contributed by atoms with Crippen LogP contribution in [0.25, 0.3) is 11.1 Å². The fraction of sp³-hybridized carbons (Fsp3) is 0.348. The summed E-state index contributed by atoms with van der Waals surface area (Å²) >= 11 is 0. The number of carbonyl (C=O) groups excluding carboxylic acids is 2. The normalized spacial score (nSPS) is 15.5. The lowest BCUT2D eigenvalue weighted by Crippen LogP contribution is -2.50. The van der Waals surface area contributed by atoms with Gasteiger partial charge in [0, 0.05) is 38.1 Å². The molecule has 2 amide bonds. The van der Waals surface area contributed by atoms with Gasteiger partial charge in [0.25, 0.3) is 5.91 Å². The van der Waals surface area contributed by atoms with Gasteiger partial charge in [-0.05, 0) is 37.3 Å². The highest BCUT2D eigenvalue weighted by Crippen LogP contribution is 2.37. The number of rotatable bonds is 5.